The van der Waals surface area contributed by atoms with Crippen LogP contribution in [0.2, 0.25) is 0 Å². The molecule has 0 radical (unpaired) electrons. The SMILES string of the molecule is Cc1cc(-c2ccc(-c3cc(C)nc(-c4ccccc4)c3)cc2)cc(-c2ccccc2)n1. The van der Waals surface area contributed by atoms with Gasteiger partial charge >= 0.3 is 0 Å². The molecule has 2 heteroatoms. The Kier molecular flexibility index (Phi) is 5.35. The lowest BCUT2D eigenvalue weighted by atomic mass is 9.98. The van der Waals surface area contributed by atoms with E-state index < -0.39 is 0 Å². The normalized spacial score (nSPS) is 10.8. The van der Waals surface area contributed by atoms with Crippen molar-refractivity contribution in [2.75, 3.05) is 0 Å². The molecular weight excluding hydrogens is 388 g/mol. The summed E-state index contributed by atoms with van der Waals surface area (Å²) in [6.07, 6.45) is 0. The van der Waals surface area contributed by atoms with Crippen molar-refractivity contribution in [3.8, 4) is 44.8 Å². The fraction of sp³-hybridized carbons (Fsp3) is 0.0667. The van der Waals surface area contributed by atoms with Crippen molar-refractivity contribution in [3.05, 3.63) is 121 Å². The average Bonchev–Trinajstić information content (AvgIpc) is 2.84. The molecule has 0 amide bonds. The first-order valence-corrected chi connectivity index (χ1v) is 10.8. The maximum atomic E-state index is 4.74. The van der Waals surface area contributed by atoms with E-state index in [1.165, 1.54) is 22.3 Å². The second kappa shape index (κ2) is 8.60. The summed E-state index contributed by atoms with van der Waals surface area (Å²) in [5.41, 5.74) is 11.0. The molecule has 0 aliphatic rings. The summed E-state index contributed by atoms with van der Waals surface area (Å²) in [6.45, 7) is 4.10. The number of hydrogen-bond acceptors (Lipinski definition) is 2. The lowest BCUT2D eigenvalue weighted by Gasteiger charge is -2.10. The standard InChI is InChI=1S/C30H24N2/c1-21-17-27(19-29(31-21)25-9-5-3-6-10-25)23-13-15-24(16-14-23)28-18-22(2)32-30(20-28)26-11-7-4-8-12-26/h3-20H,1-2H3. The predicted octanol–water partition coefficient (Wildman–Crippen LogP) is 7.76. The molecule has 154 valence electrons. The molecule has 0 saturated carbocycles. The number of benzene rings is 3. The van der Waals surface area contributed by atoms with Gasteiger partial charge in [-0.3, -0.25) is 9.97 Å². The summed E-state index contributed by atoms with van der Waals surface area (Å²) in [5.74, 6) is 0. The molecule has 32 heavy (non-hydrogen) atoms. The first-order chi connectivity index (χ1) is 15.7. The Morgan fingerprint density at radius 2 is 0.750 bits per heavy atom. The topological polar surface area (TPSA) is 25.8 Å². The van der Waals surface area contributed by atoms with E-state index >= 15 is 0 Å². The van der Waals surface area contributed by atoms with Gasteiger partial charge in [-0.05, 0) is 60.4 Å². The number of pyridine rings is 2. The third kappa shape index (κ3) is 4.21. The third-order valence-electron chi connectivity index (χ3n) is 5.60. The molecule has 2 heterocycles. The van der Waals surface area contributed by atoms with Gasteiger partial charge in [0.25, 0.3) is 0 Å². The molecule has 0 aliphatic carbocycles. The van der Waals surface area contributed by atoms with Crippen molar-refractivity contribution in [2.24, 2.45) is 0 Å². The predicted molar refractivity (Wildman–Crippen MR) is 133 cm³/mol. The van der Waals surface area contributed by atoms with Crippen LogP contribution in [0.3, 0.4) is 0 Å². The molecule has 0 aliphatic heterocycles. The molecule has 0 spiro atoms. The number of aromatic nitrogens is 2. The van der Waals surface area contributed by atoms with Crippen LogP contribution in [0, 0.1) is 13.8 Å². The van der Waals surface area contributed by atoms with Gasteiger partial charge in [-0.25, -0.2) is 0 Å². The first kappa shape index (κ1) is 19.9. The van der Waals surface area contributed by atoms with Gasteiger partial charge in [-0.15, -0.1) is 0 Å². The molecule has 0 atom stereocenters. The number of nitrogens with zero attached hydrogens (tertiary/aromatic N) is 2. The van der Waals surface area contributed by atoms with Gasteiger partial charge in [-0.2, -0.15) is 0 Å². The van der Waals surface area contributed by atoms with E-state index in [1.807, 2.05) is 36.4 Å². The monoisotopic (exact) mass is 412 g/mol. The van der Waals surface area contributed by atoms with E-state index in [0.717, 1.165) is 33.9 Å². The number of aryl methyl sites for hydroxylation is 2. The van der Waals surface area contributed by atoms with Crippen LogP contribution in [0.15, 0.2) is 109 Å². The molecule has 2 nitrogen and oxygen atoms in total. The highest BCUT2D eigenvalue weighted by Gasteiger charge is 2.08. The Labute approximate surface area is 189 Å². The maximum absolute atomic E-state index is 4.74. The second-order valence-electron chi connectivity index (χ2n) is 8.07. The molecule has 5 rings (SSSR count). The molecular formula is C30H24N2. The fourth-order valence-electron chi connectivity index (χ4n) is 4.04. The Bertz CT molecular complexity index is 1250. The van der Waals surface area contributed by atoms with Crippen LogP contribution in [0.4, 0.5) is 0 Å². The van der Waals surface area contributed by atoms with Gasteiger partial charge in [0.05, 0.1) is 11.4 Å². The third-order valence-corrected chi connectivity index (χ3v) is 5.60. The van der Waals surface area contributed by atoms with Crippen molar-refractivity contribution in [1.29, 1.82) is 0 Å². The van der Waals surface area contributed by atoms with Crippen LogP contribution >= 0.6 is 0 Å². The Morgan fingerprint density at radius 1 is 0.375 bits per heavy atom. The van der Waals surface area contributed by atoms with Crippen LogP contribution in [-0.2, 0) is 0 Å². The van der Waals surface area contributed by atoms with Crippen molar-refractivity contribution in [1.82, 2.24) is 9.97 Å². The Hall–Kier alpha value is -4.04. The zero-order chi connectivity index (χ0) is 21.9. The van der Waals surface area contributed by atoms with E-state index in [0.29, 0.717) is 0 Å². The Balaban J connectivity index is 1.49. The van der Waals surface area contributed by atoms with Gasteiger partial charge in [0, 0.05) is 22.5 Å². The molecule has 0 fully saturated rings. The lowest BCUT2D eigenvalue weighted by Crippen LogP contribution is -1.91. The number of rotatable bonds is 4. The van der Waals surface area contributed by atoms with Gasteiger partial charge in [0.2, 0.25) is 0 Å². The van der Waals surface area contributed by atoms with Crippen molar-refractivity contribution >= 4 is 0 Å². The van der Waals surface area contributed by atoms with Crippen molar-refractivity contribution in [3.63, 3.8) is 0 Å². The van der Waals surface area contributed by atoms with Crippen LogP contribution in [-0.4, -0.2) is 9.97 Å². The molecule has 0 N–H and O–H groups in total. The summed E-state index contributed by atoms with van der Waals surface area (Å²) in [4.78, 5) is 9.47. The van der Waals surface area contributed by atoms with Gasteiger partial charge in [-0.1, -0.05) is 84.9 Å². The fourth-order valence-corrected chi connectivity index (χ4v) is 4.04. The second-order valence-corrected chi connectivity index (χ2v) is 8.07. The van der Waals surface area contributed by atoms with Crippen LogP contribution in [0.5, 0.6) is 0 Å². The van der Waals surface area contributed by atoms with Crippen LogP contribution in [0.1, 0.15) is 11.4 Å². The Morgan fingerprint density at radius 3 is 1.12 bits per heavy atom. The van der Waals surface area contributed by atoms with Gasteiger partial charge in [0.15, 0.2) is 0 Å². The van der Waals surface area contributed by atoms with Gasteiger partial charge < -0.3 is 0 Å². The zero-order valence-corrected chi connectivity index (χ0v) is 18.3. The van der Waals surface area contributed by atoms with Crippen molar-refractivity contribution in [2.45, 2.75) is 13.8 Å². The highest BCUT2D eigenvalue weighted by Crippen LogP contribution is 2.30. The van der Waals surface area contributed by atoms with Crippen LogP contribution in [0.25, 0.3) is 44.8 Å². The van der Waals surface area contributed by atoms with E-state index in [4.69, 9.17) is 9.97 Å². The summed E-state index contributed by atoms with van der Waals surface area (Å²) in [5, 5.41) is 0. The number of hydrogen-bond donors (Lipinski definition) is 0. The average molecular weight is 413 g/mol. The van der Waals surface area contributed by atoms with Crippen LogP contribution < -0.4 is 0 Å². The molecule has 0 bridgehead atoms. The highest BCUT2D eigenvalue weighted by molar-refractivity contribution is 5.75. The summed E-state index contributed by atoms with van der Waals surface area (Å²) in [7, 11) is 0. The van der Waals surface area contributed by atoms with Crippen molar-refractivity contribution < 1.29 is 0 Å². The van der Waals surface area contributed by atoms with E-state index in [9.17, 15) is 0 Å². The minimum Gasteiger partial charge on any atom is -0.253 e. The first-order valence-electron chi connectivity index (χ1n) is 10.8. The smallest absolute Gasteiger partial charge is 0.0711 e. The zero-order valence-electron chi connectivity index (χ0n) is 18.3. The largest absolute Gasteiger partial charge is 0.253 e. The molecule has 5 aromatic rings. The summed E-state index contributed by atoms with van der Waals surface area (Å²) < 4.78 is 0. The lowest BCUT2D eigenvalue weighted by molar-refractivity contribution is 1.20. The molecule has 0 unspecified atom stereocenters. The molecule has 3 aromatic carbocycles. The molecule has 0 saturated heterocycles. The highest BCUT2D eigenvalue weighted by atomic mass is 14.7. The summed E-state index contributed by atoms with van der Waals surface area (Å²) in [6, 6.07) is 38.1. The minimum atomic E-state index is 1.00. The summed E-state index contributed by atoms with van der Waals surface area (Å²) >= 11 is 0. The minimum absolute atomic E-state index is 1.00. The van der Waals surface area contributed by atoms with Gasteiger partial charge in [0.1, 0.15) is 0 Å². The quantitative estimate of drug-likeness (QED) is 0.301. The molecule has 2 aromatic heterocycles. The van der Waals surface area contributed by atoms with E-state index in [2.05, 4.69) is 86.6 Å². The van der Waals surface area contributed by atoms with E-state index in [-0.39, 0.29) is 0 Å². The van der Waals surface area contributed by atoms with E-state index in [1.54, 1.807) is 0 Å². The maximum Gasteiger partial charge on any atom is 0.0711 e.